The van der Waals surface area contributed by atoms with Crippen molar-refractivity contribution in [1.29, 1.82) is 0 Å². The number of ether oxygens (including phenoxy) is 2. The lowest BCUT2D eigenvalue weighted by molar-refractivity contribution is -0.162. The summed E-state index contributed by atoms with van der Waals surface area (Å²) in [5.41, 5.74) is 0. The van der Waals surface area contributed by atoms with Gasteiger partial charge in [-0.15, -0.1) is 0 Å². The van der Waals surface area contributed by atoms with Crippen molar-refractivity contribution >= 4 is 23.8 Å². The average Bonchev–Trinajstić information content (AvgIpc) is 2.91. The van der Waals surface area contributed by atoms with Gasteiger partial charge in [-0.05, 0) is 53.4 Å². The lowest BCUT2D eigenvalue weighted by Crippen LogP contribution is -2.45. The Bertz CT molecular complexity index is 685. The lowest BCUT2D eigenvalue weighted by atomic mass is 9.84. The highest BCUT2D eigenvalue weighted by molar-refractivity contribution is 5.94. The molecule has 8 heteroatoms. The average molecular weight is 507 g/mol. The molecule has 0 bridgehead atoms. The van der Waals surface area contributed by atoms with Crippen LogP contribution in [-0.4, -0.2) is 71.9 Å². The molecule has 2 atom stereocenters. The first kappa shape index (κ1) is 29.8. The van der Waals surface area contributed by atoms with Crippen molar-refractivity contribution in [2.45, 2.75) is 104 Å². The number of esters is 2. The number of hydrogen-bond donors (Lipinski definition) is 0. The summed E-state index contributed by atoms with van der Waals surface area (Å²) in [7, 11) is 0. The molecule has 0 aromatic carbocycles. The Morgan fingerprint density at radius 1 is 0.611 bits per heavy atom. The van der Waals surface area contributed by atoms with Gasteiger partial charge in [0.05, 0.1) is 0 Å². The molecule has 0 heterocycles. The van der Waals surface area contributed by atoms with Crippen molar-refractivity contribution in [2.75, 3.05) is 26.2 Å². The summed E-state index contributed by atoms with van der Waals surface area (Å²) in [6, 6.07) is 0. The van der Waals surface area contributed by atoms with E-state index in [1.165, 1.54) is 0 Å². The molecule has 2 saturated carbocycles. The molecule has 2 aliphatic rings. The molecule has 2 amide bonds. The van der Waals surface area contributed by atoms with Gasteiger partial charge in [0.2, 0.25) is 0 Å². The van der Waals surface area contributed by atoms with E-state index < -0.39 is 24.1 Å². The zero-order valence-electron chi connectivity index (χ0n) is 22.7. The fourth-order valence-corrected chi connectivity index (χ4v) is 5.47. The molecule has 0 N–H and O–H groups in total. The molecule has 2 fully saturated rings. The summed E-state index contributed by atoms with van der Waals surface area (Å²) in [5.74, 6) is -1.88. The summed E-state index contributed by atoms with van der Waals surface area (Å²) in [5, 5.41) is 0. The van der Waals surface area contributed by atoms with Gasteiger partial charge in [-0.3, -0.25) is 9.59 Å². The number of likely N-dealkylation sites (N-methyl/N-ethyl adjacent to an activating group) is 2. The van der Waals surface area contributed by atoms with Gasteiger partial charge >= 0.3 is 11.9 Å². The molecule has 0 aromatic heterocycles. The maximum Gasteiger partial charge on any atom is 0.331 e. The summed E-state index contributed by atoms with van der Waals surface area (Å²) in [6.07, 6.45) is 9.99. The van der Waals surface area contributed by atoms with Crippen LogP contribution in [0.4, 0.5) is 0 Å². The summed E-state index contributed by atoms with van der Waals surface area (Å²) >= 11 is 0. The van der Waals surface area contributed by atoms with Crippen LogP contribution in [0.15, 0.2) is 12.2 Å². The van der Waals surface area contributed by atoms with Crippen LogP contribution in [0.2, 0.25) is 0 Å². The minimum Gasteiger partial charge on any atom is -0.449 e. The SMILES string of the molecule is CCN(CC)C(=O)[C@H](OC(=O)/C=C/C(=O)O[C@@H](C(=O)N(CC)CC)C1CCCCC1)C1CCCCC1. The predicted molar refractivity (Wildman–Crippen MR) is 138 cm³/mol. The van der Waals surface area contributed by atoms with E-state index in [2.05, 4.69) is 0 Å². The van der Waals surface area contributed by atoms with E-state index in [1.54, 1.807) is 9.80 Å². The van der Waals surface area contributed by atoms with Crippen LogP contribution < -0.4 is 0 Å². The molecule has 0 aromatic rings. The zero-order chi connectivity index (χ0) is 26.5. The van der Waals surface area contributed by atoms with Crippen LogP contribution in [0.3, 0.4) is 0 Å². The first-order valence-corrected chi connectivity index (χ1v) is 14.0. The molecular formula is C28H46N2O6. The lowest BCUT2D eigenvalue weighted by Gasteiger charge is -2.32. The van der Waals surface area contributed by atoms with E-state index in [-0.39, 0.29) is 23.7 Å². The molecule has 2 aliphatic carbocycles. The normalized spacial score (nSPS) is 18.9. The second kappa shape index (κ2) is 15.7. The van der Waals surface area contributed by atoms with Crippen LogP contribution >= 0.6 is 0 Å². The smallest absolute Gasteiger partial charge is 0.331 e. The summed E-state index contributed by atoms with van der Waals surface area (Å²) in [6.45, 7) is 9.78. The highest BCUT2D eigenvalue weighted by Gasteiger charge is 2.36. The van der Waals surface area contributed by atoms with Gasteiger partial charge in [-0.25, -0.2) is 9.59 Å². The number of rotatable bonds is 12. The van der Waals surface area contributed by atoms with Crippen LogP contribution in [0.1, 0.15) is 91.9 Å². The van der Waals surface area contributed by atoms with Gasteiger partial charge < -0.3 is 19.3 Å². The minimum atomic E-state index is -0.849. The molecule has 0 saturated heterocycles. The van der Waals surface area contributed by atoms with Gasteiger partial charge in [-0.1, -0.05) is 38.5 Å². The van der Waals surface area contributed by atoms with Crippen molar-refractivity contribution < 1.29 is 28.7 Å². The van der Waals surface area contributed by atoms with Crippen LogP contribution in [0.5, 0.6) is 0 Å². The second-order valence-electron chi connectivity index (χ2n) is 9.87. The maximum atomic E-state index is 13.1. The van der Waals surface area contributed by atoms with Gasteiger partial charge in [0.25, 0.3) is 11.8 Å². The number of hydrogen-bond acceptors (Lipinski definition) is 6. The Balaban J connectivity index is 2.08. The Kier molecular flexibility index (Phi) is 13.0. The highest BCUT2D eigenvalue weighted by Crippen LogP contribution is 2.30. The Hall–Kier alpha value is -2.38. The van der Waals surface area contributed by atoms with Gasteiger partial charge in [-0.2, -0.15) is 0 Å². The zero-order valence-corrected chi connectivity index (χ0v) is 22.7. The molecule has 0 radical (unpaired) electrons. The van der Waals surface area contributed by atoms with E-state index in [0.29, 0.717) is 26.2 Å². The predicted octanol–water partition coefficient (Wildman–Crippen LogP) is 4.26. The highest BCUT2D eigenvalue weighted by atomic mass is 16.6. The first-order chi connectivity index (χ1) is 17.4. The number of carbonyl (C=O) groups is 4. The molecule has 204 valence electrons. The monoisotopic (exact) mass is 506 g/mol. The van der Waals surface area contributed by atoms with Gasteiger partial charge in [0.15, 0.2) is 12.2 Å². The third-order valence-corrected chi connectivity index (χ3v) is 7.63. The summed E-state index contributed by atoms with van der Waals surface area (Å²) in [4.78, 5) is 54.9. The standard InChI is InChI=1S/C28H46N2O6/c1-5-29(6-2)27(33)25(21-15-11-9-12-16-21)35-23(31)19-20-24(32)36-26(22-17-13-10-14-18-22)28(34)30(7-3)8-4/h19-22,25-26H,5-18H2,1-4H3/b20-19+/t25-,26-/m1/s1. The maximum absolute atomic E-state index is 13.1. The molecule has 0 unspecified atom stereocenters. The van der Waals surface area contributed by atoms with Crippen LogP contribution in [-0.2, 0) is 28.7 Å². The van der Waals surface area contributed by atoms with E-state index in [0.717, 1.165) is 76.4 Å². The fraction of sp³-hybridized carbons (Fsp3) is 0.786. The van der Waals surface area contributed by atoms with Gasteiger partial charge in [0.1, 0.15) is 0 Å². The molecule has 36 heavy (non-hydrogen) atoms. The third kappa shape index (κ3) is 8.63. The van der Waals surface area contributed by atoms with Gasteiger partial charge in [0, 0.05) is 50.2 Å². The molecule has 0 spiro atoms. The molecule has 2 rings (SSSR count). The Labute approximate surface area is 216 Å². The first-order valence-electron chi connectivity index (χ1n) is 14.0. The van der Waals surface area contributed by atoms with Crippen molar-refractivity contribution in [3.8, 4) is 0 Å². The van der Waals surface area contributed by atoms with E-state index >= 15 is 0 Å². The second-order valence-corrected chi connectivity index (χ2v) is 9.87. The summed E-state index contributed by atoms with van der Waals surface area (Å²) < 4.78 is 11.3. The van der Waals surface area contributed by atoms with E-state index in [4.69, 9.17) is 9.47 Å². The number of amides is 2. The Morgan fingerprint density at radius 3 is 1.19 bits per heavy atom. The molecular weight excluding hydrogens is 460 g/mol. The fourth-order valence-electron chi connectivity index (χ4n) is 5.47. The van der Waals surface area contributed by atoms with Crippen molar-refractivity contribution in [1.82, 2.24) is 9.80 Å². The Morgan fingerprint density at radius 2 is 0.917 bits per heavy atom. The molecule has 0 aliphatic heterocycles. The minimum absolute atomic E-state index is 0.0153. The number of carbonyl (C=O) groups excluding carboxylic acids is 4. The number of nitrogens with zero attached hydrogens (tertiary/aromatic N) is 2. The topological polar surface area (TPSA) is 93.2 Å². The van der Waals surface area contributed by atoms with E-state index in [1.807, 2.05) is 27.7 Å². The van der Waals surface area contributed by atoms with Crippen LogP contribution in [0.25, 0.3) is 0 Å². The van der Waals surface area contributed by atoms with Crippen molar-refractivity contribution in [2.24, 2.45) is 11.8 Å². The molecule has 8 nitrogen and oxygen atoms in total. The van der Waals surface area contributed by atoms with E-state index in [9.17, 15) is 19.2 Å². The van der Waals surface area contributed by atoms with Crippen LogP contribution in [0, 0.1) is 11.8 Å². The quantitative estimate of drug-likeness (QED) is 0.290. The largest absolute Gasteiger partial charge is 0.449 e. The third-order valence-electron chi connectivity index (χ3n) is 7.63. The van der Waals surface area contributed by atoms with Crippen molar-refractivity contribution in [3.05, 3.63) is 12.2 Å². The van der Waals surface area contributed by atoms with Crippen molar-refractivity contribution in [3.63, 3.8) is 0 Å².